The number of phenols is 2. The molecule has 20 heavy (non-hydrogen) atoms. The summed E-state index contributed by atoms with van der Waals surface area (Å²) in [6, 6.07) is 5.42. The maximum Gasteiger partial charge on any atom is 0.252 e. The van der Waals surface area contributed by atoms with Crippen molar-refractivity contribution >= 4 is 5.91 Å². The molecule has 1 atom stereocenters. The number of aromatic hydroxyl groups is 2. The number of carbonyl (C=O) groups excluding carboxylic acids is 1. The quantitative estimate of drug-likeness (QED) is 0.804. The molecule has 0 aliphatic rings. The van der Waals surface area contributed by atoms with Crippen LogP contribution in [-0.2, 0) is 0 Å². The third kappa shape index (κ3) is 2.93. The largest absolute Gasteiger partial charge is 0.508 e. The molecule has 0 fully saturated rings. The fourth-order valence-corrected chi connectivity index (χ4v) is 2.16. The molecule has 3 N–H and O–H groups in total. The van der Waals surface area contributed by atoms with Gasteiger partial charge in [-0.25, -0.2) is 0 Å². The highest BCUT2D eigenvalue weighted by Gasteiger charge is 2.16. The molecule has 0 aliphatic heterocycles. The van der Waals surface area contributed by atoms with Gasteiger partial charge in [0, 0.05) is 17.2 Å². The second kappa shape index (κ2) is 5.28. The molecule has 5 heteroatoms. The monoisotopic (exact) mass is 275 g/mol. The lowest BCUT2D eigenvalue weighted by molar-refractivity contribution is 0.0939. The molecule has 5 nitrogen and oxygen atoms in total. The summed E-state index contributed by atoms with van der Waals surface area (Å²) in [5.41, 5.74) is 1.10. The van der Waals surface area contributed by atoms with E-state index in [1.165, 1.54) is 18.2 Å². The molecule has 2 aromatic rings. The first kappa shape index (κ1) is 14.0. The second-order valence-corrected chi connectivity index (χ2v) is 4.80. The Hall–Kier alpha value is -2.43. The zero-order chi connectivity index (χ0) is 14.9. The van der Waals surface area contributed by atoms with Gasteiger partial charge in [0.25, 0.3) is 5.91 Å². The van der Waals surface area contributed by atoms with Crippen LogP contribution in [0.2, 0.25) is 0 Å². The number of hydrogen-bond donors (Lipinski definition) is 3. The van der Waals surface area contributed by atoms with Crippen LogP contribution in [0, 0.1) is 13.8 Å². The van der Waals surface area contributed by atoms with E-state index in [4.69, 9.17) is 4.42 Å². The summed E-state index contributed by atoms with van der Waals surface area (Å²) in [5.74, 6) is 0.862. The molecule has 1 unspecified atom stereocenters. The minimum atomic E-state index is -0.373. The Bertz CT molecular complexity index is 625. The second-order valence-electron chi connectivity index (χ2n) is 4.80. The van der Waals surface area contributed by atoms with Crippen LogP contribution >= 0.6 is 0 Å². The lowest BCUT2D eigenvalue weighted by atomic mass is 10.1. The molecule has 0 aliphatic carbocycles. The lowest BCUT2D eigenvalue weighted by Crippen LogP contribution is -2.26. The van der Waals surface area contributed by atoms with Crippen LogP contribution in [0.4, 0.5) is 0 Å². The molecule has 2 rings (SSSR count). The minimum Gasteiger partial charge on any atom is -0.508 e. The van der Waals surface area contributed by atoms with E-state index >= 15 is 0 Å². The molecular weight excluding hydrogens is 258 g/mol. The Kier molecular flexibility index (Phi) is 3.70. The van der Waals surface area contributed by atoms with Gasteiger partial charge in [0.1, 0.15) is 23.0 Å². The van der Waals surface area contributed by atoms with Crippen molar-refractivity contribution in [3.8, 4) is 11.5 Å². The van der Waals surface area contributed by atoms with E-state index < -0.39 is 0 Å². The van der Waals surface area contributed by atoms with Gasteiger partial charge in [-0.1, -0.05) is 0 Å². The topological polar surface area (TPSA) is 82.7 Å². The molecule has 1 aromatic carbocycles. The fraction of sp³-hybridized carbons (Fsp3) is 0.267. The van der Waals surface area contributed by atoms with E-state index in [9.17, 15) is 15.0 Å². The first-order chi connectivity index (χ1) is 9.36. The van der Waals surface area contributed by atoms with E-state index in [0.717, 1.165) is 17.1 Å². The van der Waals surface area contributed by atoms with Crippen molar-refractivity contribution in [1.29, 1.82) is 0 Å². The SMILES string of the molecule is Cc1cc(C(C)NC(=O)c2cc(O)cc(O)c2)c(C)o1. The van der Waals surface area contributed by atoms with Crippen LogP contribution in [0.15, 0.2) is 28.7 Å². The number of furan rings is 1. The number of carbonyl (C=O) groups is 1. The summed E-state index contributed by atoms with van der Waals surface area (Å²) in [6.45, 7) is 5.53. The van der Waals surface area contributed by atoms with E-state index in [1.807, 2.05) is 26.8 Å². The number of aryl methyl sites for hydroxylation is 2. The van der Waals surface area contributed by atoms with Gasteiger partial charge in [0.05, 0.1) is 6.04 Å². The van der Waals surface area contributed by atoms with E-state index in [1.54, 1.807) is 0 Å². The fourth-order valence-electron chi connectivity index (χ4n) is 2.16. The summed E-state index contributed by atoms with van der Waals surface area (Å²) >= 11 is 0. The minimum absolute atomic E-state index is 0.155. The Morgan fingerprint density at radius 2 is 1.75 bits per heavy atom. The van der Waals surface area contributed by atoms with Crippen molar-refractivity contribution in [2.45, 2.75) is 26.8 Å². The summed E-state index contributed by atoms with van der Waals surface area (Å²) in [7, 11) is 0. The maximum absolute atomic E-state index is 12.1. The number of phenolic OH excluding ortho intramolecular Hbond substituents is 2. The van der Waals surface area contributed by atoms with Gasteiger partial charge in [-0.2, -0.15) is 0 Å². The van der Waals surface area contributed by atoms with Crippen LogP contribution in [-0.4, -0.2) is 16.1 Å². The predicted molar refractivity (Wildman–Crippen MR) is 73.8 cm³/mol. The van der Waals surface area contributed by atoms with Gasteiger partial charge in [-0.05, 0) is 39.0 Å². The first-order valence-electron chi connectivity index (χ1n) is 6.27. The number of hydrogen-bond acceptors (Lipinski definition) is 4. The third-order valence-electron chi connectivity index (χ3n) is 3.06. The summed E-state index contributed by atoms with van der Waals surface area (Å²) in [6.07, 6.45) is 0. The Morgan fingerprint density at radius 3 is 2.25 bits per heavy atom. The smallest absolute Gasteiger partial charge is 0.252 e. The Morgan fingerprint density at radius 1 is 1.15 bits per heavy atom. The molecule has 1 amide bonds. The van der Waals surface area contributed by atoms with Crippen molar-refractivity contribution in [1.82, 2.24) is 5.32 Å². The number of rotatable bonds is 3. The normalized spacial score (nSPS) is 12.2. The van der Waals surface area contributed by atoms with Crippen LogP contribution in [0.3, 0.4) is 0 Å². The highest BCUT2D eigenvalue weighted by atomic mass is 16.3. The van der Waals surface area contributed by atoms with Crippen molar-refractivity contribution in [3.63, 3.8) is 0 Å². The van der Waals surface area contributed by atoms with Gasteiger partial charge >= 0.3 is 0 Å². The van der Waals surface area contributed by atoms with Gasteiger partial charge in [0.2, 0.25) is 0 Å². The van der Waals surface area contributed by atoms with Gasteiger partial charge in [0.15, 0.2) is 0 Å². The summed E-state index contributed by atoms with van der Waals surface area (Å²) in [5, 5.41) is 21.6. The van der Waals surface area contributed by atoms with E-state index in [2.05, 4.69) is 5.32 Å². The molecule has 0 bridgehead atoms. The molecule has 0 spiro atoms. The third-order valence-corrected chi connectivity index (χ3v) is 3.06. The molecular formula is C15H17NO4. The number of benzene rings is 1. The van der Waals surface area contributed by atoms with Crippen LogP contribution < -0.4 is 5.32 Å². The standard InChI is InChI=1S/C15H17NO4/c1-8-4-14(10(3)20-8)9(2)16-15(19)11-5-12(17)7-13(18)6-11/h4-7,9,17-18H,1-3H3,(H,16,19). The van der Waals surface area contributed by atoms with E-state index in [-0.39, 0.29) is 29.0 Å². The number of nitrogens with one attached hydrogen (secondary N) is 1. The zero-order valence-electron chi connectivity index (χ0n) is 11.6. The Labute approximate surface area is 116 Å². The van der Waals surface area contributed by atoms with Crippen LogP contribution in [0.5, 0.6) is 11.5 Å². The molecule has 1 aromatic heterocycles. The highest BCUT2D eigenvalue weighted by Crippen LogP contribution is 2.23. The molecule has 0 saturated heterocycles. The zero-order valence-corrected chi connectivity index (χ0v) is 11.6. The molecule has 0 radical (unpaired) electrons. The molecule has 1 heterocycles. The van der Waals surface area contributed by atoms with Crippen molar-refractivity contribution in [3.05, 3.63) is 46.9 Å². The predicted octanol–water partition coefficient (Wildman–Crippen LogP) is 2.80. The summed E-state index contributed by atoms with van der Waals surface area (Å²) in [4.78, 5) is 12.1. The van der Waals surface area contributed by atoms with Crippen molar-refractivity contribution in [2.75, 3.05) is 0 Å². The maximum atomic E-state index is 12.1. The number of amides is 1. The first-order valence-corrected chi connectivity index (χ1v) is 6.27. The molecule has 0 saturated carbocycles. The van der Waals surface area contributed by atoms with Crippen LogP contribution in [0.1, 0.15) is 40.4 Å². The average molecular weight is 275 g/mol. The van der Waals surface area contributed by atoms with Crippen molar-refractivity contribution < 1.29 is 19.4 Å². The summed E-state index contributed by atoms with van der Waals surface area (Å²) < 4.78 is 5.43. The highest BCUT2D eigenvalue weighted by molar-refractivity contribution is 5.95. The van der Waals surface area contributed by atoms with Crippen LogP contribution in [0.25, 0.3) is 0 Å². The molecule has 106 valence electrons. The Balaban J connectivity index is 2.17. The van der Waals surface area contributed by atoms with Gasteiger partial charge in [-0.15, -0.1) is 0 Å². The lowest BCUT2D eigenvalue weighted by Gasteiger charge is -2.13. The van der Waals surface area contributed by atoms with Crippen molar-refractivity contribution in [2.24, 2.45) is 0 Å². The average Bonchev–Trinajstić information content (AvgIpc) is 2.67. The van der Waals surface area contributed by atoms with Gasteiger partial charge < -0.3 is 19.9 Å². The van der Waals surface area contributed by atoms with Gasteiger partial charge in [-0.3, -0.25) is 4.79 Å². The van der Waals surface area contributed by atoms with E-state index in [0.29, 0.717) is 0 Å².